The molecule has 1 N–H and O–H groups in total. The summed E-state index contributed by atoms with van der Waals surface area (Å²) in [5, 5.41) is 3.26. The van der Waals surface area contributed by atoms with Crippen LogP contribution in [0.4, 0.5) is 15.9 Å². The van der Waals surface area contributed by atoms with Gasteiger partial charge in [-0.15, -0.1) is 0 Å². The first-order valence-electron chi connectivity index (χ1n) is 5.34. The molecule has 2 rings (SSSR count). The summed E-state index contributed by atoms with van der Waals surface area (Å²) in [5.74, 6) is 0.798. The lowest BCUT2D eigenvalue weighted by Gasteiger charge is -2.08. The zero-order chi connectivity index (χ0) is 13.1. The highest BCUT2D eigenvalue weighted by molar-refractivity contribution is 9.10. The van der Waals surface area contributed by atoms with Crippen molar-refractivity contribution in [1.82, 2.24) is 9.97 Å². The van der Waals surface area contributed by atoms with Crippen LogP contribution in [-0.2, 0) is 6.42 Å². The van der Waals surface area contributed by atoms with E-state index in [0.717, 1.165) is 0 Å². The molecule has 0 aliphatic heterocycles. The summed E-state index contributed by atoms with van der Waals surface area (Å²) in [6.45, 7) is 1.95. The van der Waals surface area contributed by atoms with Crippen LogP contribution in [0, 0.1) is 5.82 Å². The van der Waals surface area contributed by atoms with Gasteiger partial charge in [-0.25, -0.2) is 14.4 Å². The predicted molar refractivity (Wildman–Crippen MR) is 73.8 cm³/mol. The van der Waals surface area contributed by atoms with E-state index in [0.29, 0.717) is 33.4 Å². The van der Waals surface area contributed by atoms with Crippen molar-refractivity contribution < 1.29 is 4.39 Å². The molecule has 18 heavy (non-hydrogen) atoms. The van der Waals surface area contributed by atoms with Crippen LogP contribution < -0.4 is 5.32 Å². The van der Waals surface area contributed by atoms with Crippen LogP contribution in [0.1, 0.15) is 12.7 Å². The quantitative estimate of drug-likeness (QED) is 0.851. The number of aryl methyl sites for hydroxylation is 1. The first-order valence-corrected chi connectivity index (χ1v) is 6.51. The summed E-state index contributed by atoms with van der Waals surface area (Å²) >= 11 is 8.98. The van der Waals surface area contributed by atoms with E-state index in [4.69, 9.17) is 11.6 Å². The van der Waals surface area contributed by atoms with E-state index in [1.165, 1.54) is 6.07 Å². The first-order chi connectivity index (χ1) is 8.58. The Morgan fingerprint density at radius 3 is 2.78 bits per heavy atom. The van der Waals surface area contributed by atoms with Crippen molar-refractivity contribution in [2.24, 2.45) is 0 Å². The number of hydrogen-bond acceptors (Lipinski definition) is 3. The van der Waals surface area contributed by atoms with Crippen LogP contribution >= 0.6 is 27.5 Å². The summed E-state index contributed by atoms with van der Waals surface area (Å²) in [6, 6.07) is 6.12. The third kappa shape index (κ3) is 3.17. The number of benzene rings is 1. The number of hydrogen-bond donors (Lipinski definition) is 1. The van der Waals surface area contributed by atoms with Gasteiger partial charge in [-0.1, -0.05) is 18.5 Å². The Bertz CT molecular complexity index is 577. The number of aromatic nitrogens is 2. The van der Waals surface area contributed by atoms with E-state index >= 15 is 0 Å². The van der Waals surface area contributed by atoms with E-state index < -0.39 is 5.82 Å². The van der Waals surface area contributed by atoms with Crippen LogP contribution in [-0.4, -0.2) is 9.97 Å². The minimum atomic E-state index is -0.421. The molecule has 0 amide bonds. The van der Waals surface area contributed by atoms with E-state index in [1.54, 1.807) is 18.2 Å². The standard InChI is InChI=1S/C12H10BrClFN3/c1-2-11-17-10(13)6-12(18-11)16-9-4-3-7(14)5-8(9)15/h3-6H,2H2,1H3,(H,16,17,18). The Morgan fingerprint density at radius 2 is 2.11 bits per heavy atom. The molecule has 1 aromatic heterocycles. The van der Waals surface area contributed by atoms with Crippen LogP contribution in [0.25, 0.3) is 0 Å². The van der Waals surface area contributed by atoms with Crippen LogP contribution in [0.2, 0.25) is 5.02 Å². The van der Waals surface area contributed by atoms with Gasteiger partial charge in [0.05, 0.1) is 5.69 Å². The minimum Gasteiger partial charge on any atom is -0.338 e. The van der Waals surface area contributed by atoms with Gasteiger partial charge in [-0.3, -0.25) is 0 Å². The van der Waals surface area contributed by atoms with Crippen molar-refractivity contribution in [3.05, 3.63) is 45.5 Å². The highest BCUT2D eigenvalue weighted by Crippen LogP contribution is 2.23. The molecular formula is C12H10BrClFN3. The zero-order valence-corrected chi connectivity index (χ0v) is 11.9. The molecule has 0 atom stereocenters. The van der Waals surface area contributed by atoms with Gasteiger partial charge in [0.15, 0.2) is 0 Å². The highest BCUT2D eigenvalue weighted by Gasteiger charge is 2.06. The normalized spacial score (nSPS) is 10.4. The molecule has 2 aromatic rings. The topological polar surface area (TPSA) is 37.8 Å². The monoisotopic (exact) mass is 329 g/mol. The third-order valence-electron chi connectivity index (χ3n) is 2.25. The number of rotatable bonds is 3. The lowest BCUT2D eigenvalue weighted by atomic mass is 10.3. The van der Waals surface area contributed by atoms with Gasteiger partial charge in [0, 0.05) is 17.5 Å². The van der Waals surface area contributed by atoms with Gasteiger partial charge in [0.2, 0.25) is 0 Å². The summed E-state index contributed by atoms with van der Waals surface area (Å²) in [4.78, 5) is 8.44. The second-order valence-electron chi connectivity index (χ2n) is 3.59. The number of anilines is 2. The predicted octanol–water partition coefficient (Wildman–Crippen LogP) is 4.34. The Labute approximate surface area is 118 Å². The average molecular weight is 331 g/mol. The van der Waals surface area contributed by atoms with Gasteiger partial charge >= 0.3 is 0 Å². The second kappa shape index (κ2) is 5.63. The summed E-state index contributed by atoms with van der Waals surface area (Å²) in [7, 11) is 0. The number of halogens is 3. The molecule has 0 aliphatic carbocycles. The molecule has 0 spiro atoms. The lowest BCUT2D eigenvalue weighted by Crippen LogP contribution is -2.01. The molecule has 94 valence electrons. The maximum absolute atomic E-state index is 13.6. The van der Waals surface area contributed by atoms with Crippen LogP contribution in [0.5, 0.6) is 0 Å². The Morgan fingerprint density at radius 1 is 1.33 bits per heavy atom. The molecule has 0 bridgehead atoms. The third-order valence-corrected chi connectivity index (χ3v) is 2.89. The molecule has 0 fully saturated rings. The molecule has 0 radical (unpaired) electrons. The van der Waals surface area contributed by atoms with Crippen molar-refractivity contribution in [3.63, 3.8) is 0 Å². The van der Waals surface area contributed by atoms with Crippen molar-refractivity contribution in [1.29, 1.82) is 0 Å². The molecule has 6 heteroatoms. The largest absolute Gasteiger partial charge is 0.338 e. The summed E-state index contributed by atoms with van der Waals surface area (Å²) in [5.41, 5.74) is 0.326. The average Bonchev–Trinajstić information content (AvgIpc) is 2.32. The summed E-state index contributed by atoms with van der Waals surface area (Å²) in [6.07, 6.45) is 0.706. The molecule has 0 unspecified atom stereocenters. The fourth-order valence-electron chi connectivity index (χ4n) is 1.42. The molecule has 0 saturated heterocycles. The number of nitrogens with zero attached hydrogens (tertiary/aromatic N) is 2. The van der Waals surface area contributed by atoms with Crippen LogP contribution in [0.15, 0.2) is 28.9 Å². The highest BCUT2D eigenvalue weighted by atomic mass is 79.9. The maximum Gasteiger partial charge on any atom is 0.148 e. The number of nitrogens with one attached hydrogen (secondary N) is 1. The van der Waals surface area contributed by atoms with E-state index in [2.05, 4.69) is 31.2 Å². The molecule has 0 aliphatic rings. The van der Waals surface area contributed by atoms with Crippen molar-refractivity contribution in [3.8, 4) is 0 Å². The van der Waals surface area contributed by atoms with Gasteiger partial charge < -0.3 is 5.32 Å². The van der Waals surface area contributed by atoms with E-state index in [-0.39, 0.29) is 0 Å². The lowest BCUT2D eigenvalue weighted by molar-refractivity contribution is 0.632. The van der Waals surface area contributed by atoms with Gasteiger partial charge in [-0.2, -0.15) is 0 Å². The van der Waals surface area contributed by atoms with Gasteiger partial charge in [-0.05, 0) is 34.1 Å². The molecular weight excluding hydrogens is 321 g/mol. The van der Waals surface area contributed by atoms with Crippen molar-refractivity contribution >= 4 is 39.0 Å². The van der Waals surface area contributed by atoms with Gasteiger partial charge in [0.1, 0.15) is 22.1 Å². The summed E-state index contributed by atoms with van der Waals surface area (Å²) < 4.78 is 14.3. The first kappa shape index (κ1) is 13.2. The van der Waals surface area contributed by atoms with Crippen molar-refractivity contribution in [2.45, 2.75) is 13.3 Å². The fourth-order valence-corrected chi connectivity index (χ4v) is 2.00. The molecule has 1 heterocycles. The van der Waals surface area contributed by atoms with E-state index in [9.17, 15) is 4.39 Å². The molecule has 0 saturated carbocycles. The Balaban J connectivity index is 2.30. The molecule has 3 nitrogen and oxygen atoms in total. The smallest absolute Gasteiger partial charge is 0.148 e. The zero-order valence-electron chi connectivity index (χ0n) is 9.54. The maximum atomic E-state index is 13.6. The SMILES string of the molecule is CCc1nc(Br)cc(Nc2ccc(Cl)cc2F)n1. The minimum absolute atomic E-state index is 0.326. The fraction of sp³-hybridized carbons (Fsp3) is 0.167. The second-order valence-corrected chi connectivity index (χ2v) is 4.84. The van der Waals surface area contributed by atoms with E-state index in [1.807, 2.05) is 6.92 Å². The van der Waals surface area contributed by atoms with Crippen LogP contribution in [0.3, 0.4) is 0 Å². The van der Waals surface area contributed by atoms with Crippen molar-refractivity contribution in [2.75, 3.05) is 5.32 Å². The Hall–Kier alpha value is -1.20. The van der Waals surface area contributed by atoms with Gasteiger partial charge in [0.25, 0.3) is 0 Å². The Kier molecular flexibility index (Phi) is 4.14. The molecule has 1 aromatic carbocycles.